The van der Waals surface area contributed by atoms with Crippen LogP contribution in [-0.2, 0) is 22.6 Å². The van der Waals surface area contributed by atoms with Crippen LogP contribution < -0.4 is 10.1 Å². The molecule has 1 fully saturated rings. The Morgan fingerprint density at radius 3 is 2.79 bits per heavy atom. The second kappa shape index (κ2) is 8.80. The molecular formula is C27H31N3O4. The van der Waals surface area contributed by atoms with E-state index in [9.17, 15) is 9.59 Å². The number of hydrogen-bond donors (Lipinski definition) is 1. The summed E-state index contributed by atoms with van der Waals surface area (Å²) in [6, 6.07) is 15.7. The van der Waals surface area contributed by atoms with E-state index in [0.717, 1.165) is 41.5 Å². The molecule has 2 unspecified atom stereocenters. The molecule has 1 aromatic heterocycles. The average Bonchev–Trinajstić information content (AvgIpc) is 3.49. The lowest BCUT2D eigenvalue weighted by Crippen LogP contribution is -2.64. The zero-order valence-corrected chi connectivity index (χ0v) is 20.0. The van der Waals surface area contributed by atoms with Crippen molar-refractivity contribution in [3.8, 4) is 5.75 Å². The number of carbonyl (C=O) groups is 2. The first-order valence-electron chi connectivity index (χ1n) is 11.8. The van der Waals surface area contributed by atoms with Crippen LogP contribution in [0.25, 0.3) is 10.9 Å². The number of ether oxygens (including phenoxy) is 2. The van der Waals surface area contributed by atoms with Crippen molar-refractivity contribution < 1.29 is 19.1 Å². The fourth-order valence-corrected chi connectivity index (χ4v) is 5.07. The number of aromatic nitrogens is 1. The highest BCUT2D eigenvalue weighted by atomic mass is 16.5. The van der Waals surface area contributed by atoms with Gasteiger partial charge in [0.05, 0.1) is 25.3 Å². The zero-order chi connectivity index (χ0) is 23.9. The highest BCUT2D eigenvalue weighted by molar-refractivity contribution is 6.03. The van der Waals surface area contributed by atoms with Gasteiger partial charge in [-0.05, 0) is 56.0 Å². The van der Waals surface area contributed by atoms with Crippen molar-refractivity contribution in [2.24, 2.45) is 0 Å². The van der Waals surface area contributed by atoms with Gasteiger partial charge in [-0.1, -0.05) is 24.3 Å². The summed E-state index contributed by atoms with van der Waals surface area (Å²) in [5, 5.41) is 4.03. The third-order valence-corrected chi connectivity index (χ3v) is 7.23. The van der Waals surface area contributed by atoms with Crippen molar-refractivity contribution in [1.82, 2.24) is 14.8 Å². The lowest BCUT2D eigenvalue weighted by atomic mass is 9.93. The number of hydrogen-bond acceptors (Lipinski definition) is 4. The number of nitrogens with zero attached hydrogens (tertiary/aromatic N) is 2. The van der Waals surface area contributed by atoms with E-state index in [2.05, 4.69) is 5.32 Å². The fraction of sp³-hybridized carbons (Fsp3) is 0.407. The van der Waals surface area contributed by atoms with Crippen LogP contribution >= 0.6 is 0 Å². The Hall–Kier alpha value is -3.32. The van der Waals surface area contributed by atoms with Gasteiger partial charge in [0.1, 0.15) is 17.0 Å². The topological polar surface area (TPSA) is 72.8 Å². The third-order valence-electron chi connectivity index (χ3n) is 7.23. The smallest absolute Gasteiger partial charge is 0.271 e. The summed E-state index contributed by atoms with van der Waals surface area (Å²) in [6.07, 6.45) is 1.98. The first kappa shape index (κ1) is 22.5. The quantitative estimate of drug-likeness (QED) is 0.608. The Morgan fingerprint density at radius 2 is 2.06 bits per heavy atom. The molecule has 2 amide bonds. The number of benzene rings is 2. The standard InChI is InChI=1S/C27H31N3O4/c1-18-7-4-5-8-20(18)16-30-25(31)24-13-19-10-11-21(33-3)14-23(19)29(24)17-27(30,2)26(32)28-15-22-9-6-12-34-22/h4-5,7-8,10-11,13-14,22H,6,9,12,15-17H2,1-3H3,(H,28,32). The second-order valence-corrected chi connectivity index (χ2v) is 9.48. The average molecular weight is 462 g/mol. The number of aryl methyl sites for hydroxylation is 1. The Balaban J connectivity index is 1.55. The van der Waals surface area contributed by atoms with Gasteiger partial charge in [-0.2, -0.15) is 0 Å². The molecular weight excluding hydrogens is 430 g/mol. The number of methoxy groups -OCH3 is 1. The van der Waals surface area contributed by atoms with E-state index in [4.69, 9.17) is 9.47 Å². The van der Waals surface area contributed by atoms with Crippen LogP contribution in [0.5, 0.6) is 5.75 Å². The van der Waals surface area contributed by atoms with Crippen LogP contribution in [0.3, 0.4) is 0 Å². The van der Waals surface area contributed by atoms with Gasteiger partial charge in [-0.15, -0.1) is 0 Å². The van der Waals surface area contributed by atoms with Gasteiger partial charge in [0.2, 0.25) is 5.91 Å². The number of rotatable bonds is 6. The minimum Gasteiger partial charge on any atom is -0.497 e. The monoisotopic (exact) mass is 461 g/mol. The van der Waals surface area contributed by atoms with E-state index in [1.54, 1.807) is 12.0 Å². The Bertz CT molecular complexity index is 1240. The minimum atomic E-state index is -1.07. The van der Waals surface area contributed by atoms with E-state index >= 15 is 0 Å². The van der Waals surface area contributed by atoms with Gasteiger partial charge in [-0.25, -0.2) is 0 Å². The van der Waals surface area contributed by atoms with Gasteiger partial charge < -0.3 is 24.3 Å². The SMILES string of the molecule is COc1ccc2cc3n(c2c1)CC(C)(C(=O)NCC1CCCO1)N(Cc1ccccc1C)C3=O. The summed E-state index contributed by atoms with van der Waals surface area (Å²) in [5.74, 6) is 0.396. The van der Waals surface area contributed by atoms with Crippen LogP contribution in [0.1, 0.15) is 41.4 Å². The molecule has 2 aliphatic heterocycles. The minimum absolute atomic E-state index is 0.0314. The van der Waals surface area contributed by atoms with Crippen LogP contribution in [0.15, 0.2) is 48.5 Å². The van der Waals surface area contributed by atoms with Gasteiger partial charge in [-0.3, -0.25) is 9.59 Å². The molecule has 3 aromatic rings. The van der Waals surface area contributed by atoms with Crippen molar-refractivity contribution in [2.75, 3.05) is 20.3 Å². The molecule has 178 valence electrons. The maximum Gasteiger partial charge on any atom is 0.271 e. The maximum atomic E-state index is 13.9. The summed E-state index contributed by atoms with van der Waals surface area (Å²) >= 11 is 0. The predicted molar refractivity (Wildman–Crippen MR) is 130 cm³/mol. The zero-order valence-electron chi connectivity index (χ0n) is 20.0. The lowest BCUT2D eigenvalue weighted by molar-refractivity contribution is -0.133. The summed E-state index contributed by atoms with van der Waals surface area (Å²) in [5.41, 5.74) is 2.52. The van der Waals surface area contributed by atoms with Crippen molar-refractivity contribution in [3.05, 3.63) is 65.4 Å². The summed E-state index contributed by atoms with van der Waals surface area (Å²) < 4.78 is 13.1. The molecule has 0 saturated carbocycles. The molecule has 0 aliphatic carbocycles. The summed E-state index contributed by atoms with van der Waals surface area (Å²) in [6.45, 7) is 5.79. The van der Waals surface area contributed by atoms with Gasteiger partial charge in [0.15, 0.2) is 0 Å². The molecule has 0 spiro atoms. The van der Waals surface area contributed by atoms with E-state index in [-0.39, 0.29) is 17.9 Å². The molecule has 7 heteroatoms. The first-order chi connectivity index (χ1) is 16.4. The maximum absolute atomic E-state index is 13.9. The second-order valence-electron chi connectivity index (χ2n) is 9.48. The molecule has 1 saturated heterocycles. The summed E-state index contributed by atoms with van der Waals surface area (Å²) in [7, 11) is 1.62. The molecule has 3 heterocycles. The van der Waals surface area contributed by atoms with Gasteiger partial charge >= 0.3 is 0 Å². The molecule has 2 aromatic carbocycles. The van der Waals surface area contributed by atoms with Crippen LogP contribution in [0, 0.1) is 6.92 Å². The highest BCUT2D eigenvalue weighted by Gasteiger charge is 2.47. The third kappa shape index (κ3) is 3.84. The number of carbonyl (C=O) groups excluding carboxylic acids is 2. The first-order valence-corrected chi connectivity index (χ1v) is 11.8. The van der Waals surface area contributed by atoms with E-state index in [1.807, 2.05) is 66.9 Å². The van der Waals surface area contributed by atoms with Crippen molar-refractivity contribution in [3.63, 3.8) is 0 Å². The Kier molecular flexibility index (Phi) is 5.81. The van der Waals surface area contributed by atoms with Gasteiger partial charge in [0.25, 0.3) is 5.91 Å². The fourth-order valence-electron chi connectivity index (χ4n) is 5.07. The van der Waals surface area contributed by atoms with Gasteiger partial charge in [0, 0.05) is 31.1 Å². The molecule has 0 bridgehead atoms. The van der Waals surface area contributed by atoms with Crippen molar-refractivity contribution in [1.29, 1.82) is 0 Å². The van der Waals surface area contributed by atoms with E-state index < -0.39 is 5.54 Å². The number of nitrogens with one attached hydrogen (secondary N) is 1. The van der Waals surface area contributed by atoms with Crippen molar-refractivity contribution >= 4 is 22.7 Å². The Morgan fingerprint density at radius 1 is 1.24 bits per heavy atom. The molecule has 2 aliphatic rings. The van der Waals surface area contributed by atoms with Crippen LogP contribution in [-0.4, -0.2) is 53.2 Å². The van der Waals surface area contributed by atoms with Crippen LogP contribution in [0.4, 0.5) is 0 Å². The summed E-state index contributed by atoms with van der Waals surface area (Å²) in [4.78, 5) is 29.3. The molecule has 7 nitrogen and oxygen atoms in total. The Labute approximate surface area is 199 Å². The molecule has 5 rings (SSSR count). The van der Waals surface area contributed by atoms with E-state index in [1.165, 1.54) is 0 Å². The normalized spacial score (nSPS) is 22.1. The molecule has 2 atom stereocenters. The highest BCUT2D eigenvalue weighted by Crippen LogP contribution is 2.35. The lowest BCUT2D eigenvalue weighted by Gasteiger charge is -2.44. The molecule has 34 heavy (non-hydrogen) atoms. The number of amides is 2. The largest absolute Gasteiger partial charge is 0.497 e. The molecule has 1 N–H and O–H groups in total. The van der Waals surface area contributed by atoms with E-state index in [0.29, 0.717) is 31.1 Å². The number of fused-ring (bicyclic) bond motifs is 3. The predicted octanol–water partition coefficient (Wildman–Crippen LogP) is 3.67. The molecule has 0 radical (unpaired) electrons. The van der Waals surface area contributed by atoms with Crippen molar-refractivity contribution in [2.45, 2.75) is 51.4 Å². The van der Waals surface area contributed by atoms with Crippen LogP contribution in [0.2, 0.25) is 0 Å².